The van der Waals surface area contributed by atoms with Gasteiger partial charge in [-0.05, 0) is 38.8 Å². The van der Waals surface area contributed by atoms with Gasteiger partial charge < -0.3 is 9.64 Å². The monoisotopic (exact) mass is 305 g/mol. The van der Waals surface area contributed by atoms with Gasteiger partial charge in [-0.15, -0.1) is 0 Å². The predicted octanol–water partition coefficient (Wildman–Crippen LogP) is 0.416. The molecule has 2 aliphatic rings. The number of hydrogen-bond donors (Lipinski definition) is 1. The second-order valence-electron chi connectivity index (χ2n) is 5.69. The normalized spacial score (nSPS) is 27.8. The van der Waals surface area contributed by atoms with Crippen molar-refractivity contribution in [2.45, 2.75) is 44.8 Å². The average Bonchev–Trinajstić information content (AvgIpc) is 2.47. The van der Waals surface area contributed by atoms with E-state index < -0.39 is 10.2 Å². The van der Waals surface area contributed by atoms with Crippen LogP contribution in [0.1, 0.15) is 32.6 Å². The maximum atomic E-state index is 12.4. The van der Waals surface area contributed by atoms with Crippen molar-refractivity contribution in [3.63, 3.8) is 0 Å². The fourth-order valence-corrected chi connectivity index (χ4v) is 4.49. The zero-order valence-corrected chi connectivity index (χ0v) is 13.4. The second kappa shape index (κ2) is 7.17. The maximum absolute atomic E-state index is 12.4. The Kier molecular flexibility index (Phi) is 5.80. The number of rotatable bonds is 5. The van der Waals surface area contributed by atoms with E-state index in [1.807, 2.05) is 0 Å². The van der Waals surface area contributed by atoms with Crippen molar-refractivity contribution in [1.29, 1.82) is 0 Å². The molecular weight excluding hydrogens is 278 g/mol. The summed E-state index contributed by atoms with van der Waals surface area (Å²) in [6.45, 7) is 6.11. The molecule has 0 unspecified atom stereocenters. The van der Waals surface area contributed by atoms with Crippen molar-refractivity contribution in [3.8, 4) is 0 Å². The van der Waals surface area contributed by atoms with Gasteiger partial charge in [0.1, 0.15) is 0 Å². The standard InChI is InChI=1S/C13H27N3O3S/c1-3-15-8-4-5-12(11-15)14-20(17,18)16-9-6-13(19-2)7-10-16/h12-14H,3-11H2,1-2H3/t12-/m0/s1. The van der Waals surface area contributed by atoms with Crippen LogP contribution < -0.4 is 4.72 Å². The first-order chi connectivity index (χ1) is 9.55. The molecule has 0 aromatic heterocycles. The molecule has 0 saturated carbocycles. The predicted molar refractivity (Wildman–Crippen MR) is 78.8 cm³/mol. The first-order valence-electron chi connectivity index (χ1n) is 7.57. The molecule has 2 saturated heterocycles. The van der Waals surface area contributed by atoms with Gasteiger partial charge in [-0.1, -0.05) is 6.92 Å². The van der Waals surface area contributed by atoms with Crippen LogP contribution in [0, 0.1) is 0 Å². The van der Waals surface area contributed by atoms with Gasteiger partial charge in [-0.25, -0.2) is 0 Å². The Morgan fingerprint density at radius 1 is 1.20 bits per heavy atom. The van der Waals surface area contributed by atoms with Gasteiger partial charge in [0, 0.05) is 32.8 Å². The Morgan fingerprint density at radius 2 is 1.90 bits per heavy atom. The van der Waals surface area contributed by atoms with E-state index in [-0.39, 0.29) is 12.1 Å². The van der Waals surface area contributed by atoms with Gasteiger partial charge in [0.2, 0.25) is 0 Å². The highest BCUT2D eigenvalue weighted by Gasteiger charge is 2.31. The number of hydrogen-bond acceptors (Lipinski definition) is 4. The molecule has 0 bridgehead atoms. The largest absolute Gasteiger partial charge is 0.381 e. The molecule has 1 atom stereocenters. The average molecular weight is 305 g/mol. The van der Waals surface area contributed by atoms with E-state index in [4.69, 9.17) is 4.74 Å². The highest BCUT2D eigenvalue weighted by Crippen LogP contribution is 2.17. The van der Waals surface area contributed by atoms with Crippen LogP contribution in [0.25, 0.3) is 0 Å². The minimum atomic E-state index is -3.35. The molecular formula is C13H27N3O3S. The molecule has 20 heavy (non-hydrogen) atoms. The van der Waals surface area contributed by atoms with E-state index in [0.717, 1.165) is 45.3 Å². The van der Waals surface area contributed by atoms with Crippen LogP contribution in [0.4, 0.5) is 0 Å². The SMILES string of the molecule is CCN1CCC[C@H](NS(=O)(=O)N2CCC(OC)CC2)C1. The number of methoxy groups -OCH3 is 1. The molecule has 0 aromatic rings. The van der Waals surface area contributed by atoms with E-state index in [1.54, 1.807) is 11.4 Å². The van der Waals surface area contributed by atoms with Gasteiger partial charge in [0.15, 0.2) is 0 Å². The smallest absolute Gasteiger partial charge is 0.279 e. The van der Waals surface area contributed by atoms with E-state index >= 15 is 0 Å². The Labute approximate surface area is 122 Å². The van der Waals surface area contributed by atoms with Gasteiger partial charge in [-0.2, -0.15) is 17.4 Å². The Balaban J connectivity index is 1.87. The third-order valence-corrected chi connectivity index (χ3v) is 6.02. The molecule has 0 spiro atoms. The summed E-state index contributed by atoms with van der Waals surface area (Å²) in [4.78, 5) is 2.30. The number of likely N-dealkylation sites (tertiary alicyclic amines) is 1. The Hall–Kier alpha value is -0.210. The summed E-state index contributed by atoms with van der Waals surface area (Å²) in [5.41, 5.74) is 0. The highest BCUT2D eigenvalue weighted by molar-refractivity contribution is 7.87. The van der Waals surface area contributed by atoms with Crippen LogP contribution >= 0.6 is 0 Å². The van der Waals surface area contributed by atoms with Crippen molar-refractivity contribution in [2.75, 3.05) is 39.8 Å². The summed E-state index contributed by atoms with van der Waals surface area (Å²) in [5, 5.41) is 0. The van der Waals surface area contributed by atoms with Crippen molar-refractivity contribution >= 4 is 10.2 Å². The van der Waals surface area contributed by atoms with Crippen LogP contribution in [0.3, 0.4) is 0 Å². The minimum Gasteiger partial charge on any atom is -0.381 e. The lowest BCUT2D eigenvalue weighted by atomic mass is 10.1. The summed E-state index contributed by atoms with van der Waals surface area (Å²) in [5.74, 6) is 0. The van der Waals surface area contributed by atoms with Gasteiger partial charge in [0.05, 0.1) is 6.10 Å². The lowest BCUT2D eigenvalue weighted by molar-refractivity contribution is 0.0600. The molecule has 0 aliphatic carbocycles. The minimum absolute atomic E-state index is 0.0499. The molecule has 7 heteroatoms. The van der Waals surface area contributed by atoms with Gasteiger partial charge in [-0.3, -0.25) is 0 Å². The molecule has 0 radical (unpaired) electrons. The summed E-state index contributed by atoms with van der Waals surface area (Å²) in [7, 11) is -1.66. The number of piperidine rings is 2. The molecule has 2 aliphatic heterocycles. The molecule has 2 rings (SSSR count). The van der Waals surface area contributed by atoms with Crippen molar-refractivity contribution in [3.05, 3.63) is 0 Å². The molecule has 6 nitrogen and oxygen atoms in total. The Morgan fingerprint density at radius 3 is 2.50 bits per heavy atom. The fraction of sp³-hybridized carbons (Fsp3) is 1.00. The lowest BCUT2D eigenvalue weighted by Gasteiger charge is -2.35. The summed E-state index contributed by atoms with van der Waals surface area (Å²) in [6.07, 6.45) is 3.76. The maximum Gasteiger partial charge on any atom is 0.279 e. The second-order valence-corrected chi connectivity index (χ2v) is 7.39. The lowest BCUT2D eigenvalue weighted by Crippen LogP contribution is -2.53. The zero-order chi connectivity index (χ0) is 14.6. The third-order valence-electron chi connectivity index (χ3n) is 4.34. The quantitative estimate of drug-likeness (QED) is 0.799. The van der Waals surface area contributed by atoms with Crippen LogP contribution in [0.2, 0.25) is 0 Å². The van der Waals surface area contributed by atoms with Gasteiger partial charge in [0.25, 0.3) is 10.2 Å². The van der Waals surface area contributed by atoms with E-state index in [9.17, 15) is 8.42 Å². The summed E-state index contributed by atoms with van der Waals surface area (Å²) in [6, 6.07) is 0.0499. The zero-order valence-electron chi connectivity index (χ0n) is 12.5. The third kappa shape index (κ3) is 4.14. The van der Waals surface area contributed by atoms with E-state index in [2.05, 4.69) is 16.5 Å². The molecule has 2 fully saturated rings. The van der Waals surface area contributed by atoms with Crippen LogP contribution in [-0.2, 0) is 14.9 Å². The molecule has 1 N–H and O–H groups in total. The number of likely N-dealkylation sites (N-methyl/N-ethyl adjacent to an activating group) is 1. The molecule has 118 valence electrons. The first-order valence-corrected chi connectivity index (χ1v) is 9.01. The first kappa shape index (κ1) is 16.2. The molecule has 2 heterocycles. The van der Waals surface area contributed by atoms with Crippen molar-refractivity contribution in [2.24, 2.45) is 0 Å². The van der Waals surface area contributed by atoms with Crippen molar-refractivity contribution in [1.82, 2.24) is 13.9 Å². The van der Waals surface area contributed by atoms with Crippen LogP contribution in [0.5, 0.6) is 0 Å². The van der Waals surface area contributed by atoms with E-state index in [0.29, 0.717) is 13.1 Å². The summed E-state index contributed by atoms with van der Waals surface area (Å²) < 4.78 is 34.5. The Bertz CT molecular complexity index is 394. The highest BCUT2D eigenvalue weighted by atomic mass is 32.2. The number of nitrogens with one attached hydrogen (secondary N) is 1. The van der Waals surface area contributed by atoms with Crippen molar-refractivity contribution < 1.29 is 13.2 Å². The summed E-state index contributed by atoms with van der Waals surface area (Å²) >= 11 is 0. The molecule has 0 aromatic carbocycles. The number of nitrogens with zero attached hydrogens (tertiary/aromatic N) is 2. The van der Waals surface area contributed by atoms with Crippen LogP contribution in [0.15, 0.2) is 0 Å². The van der Waals surface area contributed by atoms with Crippen LogP contribution in [-0.4, -0.2) is 69.6 Å². The van der Waals surface area contributed by atoms with E-state index in [1.165, 1.54) is 0 Å². The van der Waals surface area contributed by atoms with Gasteiger partial charge >= 0.3 is 0 Å². The topological polar surface area (TPSA) is 61.9 Å². The number of ether oxygens (including phenoxy) is 1. The fourth-order valence-electron chi connectivity index (χ4n) is 3.03. The molecule has 0 amide bonds.